The molecular formula is C13H21N3O2. The topological polar surface area (TPSA) is 67.6 Å². The Morgan fingerprint density at radius 3 is 2.83 bits per heavy atom. The molecule has 5 nitrogen and oxygen atoms in total. The third kappa shape index (κ3) is 2.80. The monoisotopic (exact) mass is 251 g/mol. The Kier molecular flexibility index (Phi) is 4.16. The smallest absolute Gasteiger partial charge is 0.337 e. The fourth-order valence-corrected chi connectivity index (χ4v) is 2.33. The summed E-state index contributed by atoms with van der Waals surface area (Å²) in [6, 6.07) is 0. The normalized spacial score (nSPS) is 28.9. The lowest BCUT2D eigenvalue weighted by Crippen LogP contribution is -2.60. The molecule has 1 aliphatic carbocycles. The highest BCUT2D eigenvalue weighted by Crippen LogP contribution is 2.23. The zero-order valence-electron chi connectivity index (χ0n) is 10.8. The summed E-state index contributed by atoms with van der Waals surface area (Å²) in [6.45, 7) is 5.99. The van der Waals surface area contributed by atoms with Gasteiger partial charge < -0.3 is 15.8 Å². The summed E-state index contributed by atoms with van der Waals surface area (Å²) in [4.78, 5) is 13.8. The van der Waals surface area contributed by atoms with Crippen LogP contribution < -0.4 is 11.1 Å². The lowest BCUT2D eigenvalue weighted by Gasteiger charge is -2.42. The van der Waals surface area contributed by atoms with Crippen LogP contribution in [0, 0.1) is 0 Å². The average molecular weight is 251 g/mol. The zero-order valence-corrected chi connectivity index (χ0v) is 10.8. The first-order valence-electron chi connectivity index (χ1n) is 6.47. The third-order valence-electron chi connectivity index (χ3n) is 3.42. The molecule has 1 saturated heterocycles. The number of carbonyl (C=O) groups excluding carboxylic acids is 1. The van der Waals surface area contributed by atoms with E-state index >= 15 is 0 Å². The number of carbonyl (C=O) groups is 1. The van der Waals surface area contributed by atoms with Gasteiger partial charge in [0.1, 0.15) is 0 Å². The minimum absolute atomic E-state index is 0.267. The van der Waals surface area contributed by atoms with E-state index in [-0.39, 0.29) is 5.97 Å². The number of nitrogens with zero attached hydrogens (tertiary/aromatic N) is 1. The van der Waals surface area contributed by atoms with Crippen LogP contribution >= 0.6 is 0 Å². The van der Waals surface area contributed by atoms with E-state index in [1.807, 2.05) is 12.2 Å². The van der Waals surface area contributed by atoms with Gasteiger partial charge >= 0.3 is 5.97 Å². The number of nitrogens with one attached hydrogen (secondary N) is 1. The second kappa shape index (κ2) is 5.65. The van der Waals surface area contributed by atoms with E-state index in [4.69, 9.17) is 10.5 Å². The Balaban J connectivity index is 2.00. The number of rotatable bonds is 3. The Bertz CT molecular complexity index is 372. The Labute approximate surface area is 108 Å². The van der Waals surface area contributed by atoms with Crippen LogP contribution in [0.4, 0.5) is 0 Å². The van der Waals surface area contributed by atoms with Crippen molar-refractivity contribution in [2.75, 3.05) is 32.8 Å². The second-order valence-electron chi connectivity index (χ2n) is 4.65. The molecule has 0 aromatic rings. The van der Waals surface area contributed by atoms with Gasteiger partial charge in [0.05, 0.1) is 17.8 Å². The van der Waals surface area contributed by atoms with Crippen molar-refractivity contribution in [1.82, 2.24) is 10.2 Å². The third-order valence-corrected chi connectivity index (χ3v) is 3.42. The van der Waals surface area contributed by atoms with Gasteiger partial charge in [-0.25, -0.2) is 4.79 Å². The lowest BCUT2D eigenvalue weighted by molar-refractivity contribution is -0.138. The molecule has 1 atom stereocenters. The number of ether oxygens (including phenoxy) is 1. The summed E-state index contributed by atoms with van der Waals surface area (Å²) in [7, 11) is 0. The van der Waals surface area contributed by atoms with Gasteiger partial charge in [-0.05, 0) is 19.1 Å². The summed E-state index contributed by atoms with van der Waals surface area (Å²) in [5.41, 5.74) is 6.53. The average Bonchev–Trinajstić information content (AvgIpc) is 2.41. The number of piperazine rings is 1. The maximum atomic E-state index is 11.6. The van der Waals surface area contributed by atoms with Crippen molar-refractivity contribution in [3.63, 3.8) is 0 Å². The van der Waals surface area contributed by atoms with E-state index in [0.29, 0.717) is 18.6 Å². The fraction of sp³-hybridized carbons (Fsp3) is 0.615. The van der Waals surface area contributed by atoms with Crippen molar-refractivity contribution >= 4 is 5.97 Å². The first-order valence-corrected chi connectivity index (χ1v) is 6.47. The van der Waals surface area contributed by atoms with Gasteiger partial charge in [0.2, 0.25) is 0 Å². The van der Waals surface area contributed by atoms with Crippen LogP contribution in [0.1, 0.15) is 13.3 Å². The van der Waals surface area contributed by atoms with E-state index in [2.05, 4.69) is 10.2 Å². The van der Waals surface area contributed by atoms with Crippen LogP contribution in [0.2, 0.25) is 0 Å². The maximum Gasteiger partial charge on any atom is 0.337 e. The van der Waals surface area contributed by atoms with Crippen LogP contribution in [-0.4, -0.2) is 49.3 Å². The standard InChI is InChI=1S/C13H21N3O2/c1-2-18-12(17)11-3-5-13(14,6-4-11)16-9-7-15-8-10-16/h3-5,15H,2,6-10,14H2,1H3. The fourth-order valence-electron chi connectivity index (χ4n) is 2.33. The quantitative estimate of drug-likeness (QED) is 0.691. The molecule has 2 rings (SSSR count). The molecule has 0 aromatic heterocycles. The maximum absolute atomic E-state index is 11.6. The molecule has 0 saturated carbocycles. The van der Waals surface area contributed by atoms with Crippen molar-refractivity contribution in [3.05, 3.63) is 23.8 Å². The van der Waals surface area contributed by atoms with Crippen LogP contribution in [-0.2, 0) is 9.53 Å². The summed E-state index contributed by atoms with van der Waals surface area (Å²) in [5, 5.41) is 3.30. The van der Waals surface area contributed by atoms with Gasteiger partial charge in [-0.15, -0.1) is 0 Å². The predicted octanol–water partition coefficient (Wildman–Crippen LogP) is -0.00400. The minimum Gasteiger partial charge on any atom is -0.462 e. The number of hydrogen-bond acceptors (Lipinski definition) is 5. The number of nitrogens with two attached hydrogens (primary N) is 1. The molecular weight excluding hydrogens is 230 g/mol. The first-order chi connectivity index (χ1) is 8.65. The van der Waals surface area contributed by atoms with Crippen molar-refractivity contribution in [1.29, 1.82) is 0 Å². The molecule has 5 heteroatoms. The van der Waals surface area contributed by atoms with E-state index < -0.39 is 5.66 Å². The Morgan fingerprint density at radius 2 is 2.28 bits per heavy atom. The minimum atomic E-state index is -0.460. The molecule has 100 valence electrons. The van der Waals surface area contributed by atoms with Gasteiger partial charge in [0.25, 0.3) is 0 Å². The molecule has 2 aliphatic rings. The van der Waals surface area contributed by atoms with E-state index in [0.717, 1.165) is 26.2 Å². The largest absolute Gasteiger partial charge is 0.462 e. The summed E-state index contributed by atoms with van der Waals surface area (Å²) < 4.78 is 4.97. The molecule has 1 aliphatic heterocycles. The molecule has 3 N–H and O–H groups in total. The van der Waals surface area contributed by atoms with Crippen LogP contribution in [0.3, 0.4) is 0 Å². The number of esters is 1. The van der Waals surface area contributed by atoms with Gasteiger partial charge in [0.15, 0.2) is 0 Å². The van der Waals surface area contributed by atoms with Crippen LogP contribution in [0.15, 0.2) is 23.8 Å². The van der Waals surface area contributed by atoms with Crippen molar-refractivity contribution in [3.8, 4) is 0 Å². The SMILES string of the molecule is CCOC(=O)C1=CCC(N)(N2CCNCC2)C=C1. The van der Waals surface area contributed by atoms with Gasteiger partial charge in [-0.2, -0.15) is 0 Å². The van der Waals surface area contributed by atoms with E-state index in [1.54, 1.807) is 13.0 Å². The summed E-state index contributed by atoms with van der Waals surface area (Å²) in [5.74, 6) is -0.267. The van der Waals surface area contributed by atoms with E-state index in [1.165, 1.54) is 0 Å². The van der Waals surface area contributed by atoms with E-state index in [9.17, 15) is 4.79 Å². The Morgan fingerprint density at radius 1 is 1.56 bits per heavy atom. The molecule has 1 unspecified atom stereocenters. The zero-order chi connectivity index (χ0) is 13.0. The van der Waals surface area contributed by atoms with Gasteiger partial charge in [-0.3, -0.25) is 4.90 Å². The second-order valence-corrected chi connectivity index (χ2v) is 4.65. The van der Waals surface area contributed by atoms with Gasteiger partial charge in [-0.1, -0.05) is 6.08 Å². The molecule has 0 bridgehead atoms. The molecule has 0 spiro atoms. The first kappa shape index (κ1) is 13.3. The molecule has 0 amide bonds. The summed E-state index contributed by atoms with van der Waals surface area (Å²) >= 11 is 0. The predicted molar refractivity (Wildman–Crippen MR) is 69.8 cm³/mol. The number of hydrogen-bond donors (Lipinski definition) is 2. The Hall–Kier alpha value is -1.17. The lowest BCUT2D eigenvalue weighted by atomic mass is 9.95. The molecule has 1 heterocycles. The highest BCUT2D eigenvalue weighted by molar-refractivity contribution is 5.91. The van der Waals surface area contributed by atoms with Crippen molar-refractivity contribution in [2.24, 2.45) is 5.73 Å². The van der Waals surface area contributed by atoms with Crippen molar-refractivity contribution < 1.29 is 9.53 Å². The summed E-state index contributed by atoms with van der Waals surface area (Å²) in [6.07, 6.45) is 6.23. The molecule has 18 heavy (non-hydrogen) atoms. The van der Waals surface area contributed by atoms with Crippen molar-refractivity contribution in [2.45, 2.75) is 19.0 Å². The molecule has 0 radical (unpaired) electrons. The van der Waals surface area contributed by atoms with Gasteiger partial charge in [0, 0.05) is 32.6 Å². The van der Waals surface area contributed by atoms with Crippen LogP contribution in [0.25, 0.3) is 0 Å². The molecule has 1 fully saturated rings. The van der Waals surface area contributed by atoms with Crippen LogP contribution in [0.5, 0.6) is 0 Å². The highest BCUT2D eigenvalue weighted by Gasteiger charge is 2.32. The molecule has 0 aromatic carbocycles. The highest BCUT2D eigenvalue weighted by atomic mass is 16.5.